The van der Waals surface area contributed by atoms with Gasteiger partial charge in [0.2, 0.25) is 5.91 Å². The van der Waals surface area contributed by atoms with Crippen LogP contribution >= 0.6 is 0 Å². The quantitative estimate of drug-likeness (QED) is 0.703. The molecule has 3 atom stereocenters. The van der Waals surface area contributed by atoms with Gasteiger partial charge in [-0.3, -0.25) is 9.59 Å². The van der Waals surface area contributed by atoms with E-state index in [9.17, 15) is 9.59 Å². The Morgan fingerprint density at radius 1 is 1.47 bits per heavy atom. The molecule has 5 heteroatoms. The molecule has 1 rings (SSSR count). The van der Waals surface area contributed by atoms with Crippen LogP contribution in [0.3, 0.4) is 0 Å². The van der Waals surface area contributed by atoms with Crippen LogP contribution in [-0.4, -0.2) is 35.2 Å². The van der Waals surface area contributed by atoms with Gasteiger partial charge in [-0.25, -0.2) is 0 Å². The van der Waals surface area contributed by atoms with Crippen LogP contribution in [0.1, 0.15) is 40.0 Å². The highest BCUT2D eigenvalue weighted by molar-refractivity contribution is 5.83. The molecule has 0 radical (unpaired) electrons. The molecular weight excluding hydrogens is 222 g/mol. The number of ether oxygens (including phenoxy) is 1. The molecule has 1 fully saturated rings. The second-order valence-corrected chi connectivity index (χ2v) is 4.81. The Bertz CT molecular complexity index is 305. The number of hydrogen-bond acceptors (Lipinski definition) is 3. The summed E-state index contributed by atoms with van der Waals surface area (Å²) in [5.74, 6) is -1.09. The van der Waals surface area contributed by atoms with Crippen molar-refractivity contribution in [3.8, 4) is 0 Å². The van der Waals surface area contributed by atoms with Gasteiger partial charge in [-0.15, -0.1) is 0 Å². The van der Waals surface area contributed by atoms with Crippen LogP contribution in [0.4, 0.5) is 0 Å². The van der Waals surface area contributed by atoms with Crippen molar-refractivity contribution >= 4 is 11.9 Å². The number of carbonyl (C=O) groups is 2. The average molecular weight is 243 g/mol. The van der Waals surface area contributed by atoms with Crippen LogP contribution in [0, 0.1) is 5.92 Å². The molecule has 1 aliphatic rings. The lowest BCUT2D eigenvalue weighted by atomic mass is 9.94. The number of nitrogens with one attached hydrogen (secondary N) is 1. The van der Waals surface area contributed by atoms with Crippen molar-refractivity contribution in [2.24, 2.45) is 5.92 Å². The molecule has 17 heavy (non-hydrogen) atoms. The van der Waals surface area contributed by atoms with Crippen molar-refractivity contribution in [2.75, 3.05) is 6.61 Å². The first-order valence-corrected chi connectivity index (χ1v) is 6.07. The van der Waals surface area contributed by atoms with E-state index in [0.717, 1.165) is 6.42 Å². The summed E-state index contributed by atoms with van der Waals surface area (Å²) in [6, 6.07) is 0. The summed E-state index contributed by atoms with van der Waals surface area (Å²) >= 11 is 0. The van der Waals surface area contributed by atoms with Gasteiger partial charge < -0.3 is 15.2 Å². The van der Waals surface area contributed by atoms with Gasteiger partial charge in [-0.05, 0) is 26.7 Å². The Morgan fingerprint density at radius 3 is 2.59 bits per heavy atom. The van der Waals surface area contributed by atoms with Crippen LogP contribution in [0.25, 0.3) is 0 Å². The van der Waals surface area contributed by atoms with Gasteiger partial charge in [0, 0.05) is 12.1 Å². The largest absolute Gasteiger partial charge is 0.481 e. The molecule has 1 amide bonds. The van der Waals surface area contributed by atoms with Gasteiger partial charge in [0.1, 0.15) is 0 Å². The minimum atomic E-state index is -0.896. The lowest BCUT2D eigenvalue weighted by molar-refractivity contribution is -0.139. The molecule has 0 unspecified atom stereocenters. The van der Waals surface area contributed by atoms with Crippen molar-refractivity contribution < 1.29 is 19.4 Å². The monoisotopic (exact) mass is 243 g/mol. The van der Waals surface area contributed by atoms with Gasteiger partial charge in [0.05, 0.1) is 18.4 Å². The third-order valence-corrected chi connectivity index (χ3v) is 3.20. The molecule has 0 aromatic carbocycles. The molecular formula is C12H21NO4. The Labute approximate surface area is 102 Å². The first-order valence-electron chi connectivity index (χ1n) is 6.07. The Balaban J connectivity index is 2.46. The fourth-order valence-electron chi connectivity index (χ4n) is 1.83. The average Bonchev–Trinajstić information content (AvgIpc) is 2.96. The molecule has 0 aromatic rings. The number of carbonyl (C=O) groups excluding carboxylic acids is 1. The molecule has 0 heterocycles. The molecule has 0 aromatic heterocycles. The highest BCUT2D eigenvalue weighted by atomic mass is 16.5. The van der Waals surface area contributed by atoms with Crippen molar-refractivity contribution in [3.05, 3.63) is 0 Å². The number of hydrogen-bond donors (Lipinski definition) is 2. The predicted octanol–water partition coefficient (Wildman–Crippen LogP) is 1.17. The van der Waals surface area contributed by atoms with E-state index in [1.165, 1.54) is 0 Å². The maximum Gasteiger partial charge on any atom is 0.305 e. The van der Waals surface area contributed by atoms with Crippen LogP contribution in [0.5, 0.6) is 0 Å². The van der Waals surface area contributed by atoms with E-state index in [1.54, 1.807) is 6.92 Å². The second kappa shape index (κ2) is 5.49. The summed E-state index contributed by atoms with van der Waals surface area (Å²) < 4.78 is 5.34. The standard InChI is InChI=1S/C12H21NO4/c1-4-12(3,7-10(14)15)13-11(16)8-6-9(8)17-5-2/h8-9H,4-7H2,1-3H3,(H,13,16)(H,14,15)/t8-,9+,12-/m0/s1. The van der Waals surface area contributed by atoms with Crippen LogP contribution in [0.2, 0.25) is 0 Å². The summed E-state index contributed by atoms with van der Waals surface area (Å²) in [5, 5.41) is 11.6. The van der Waals surface area contributed by atoms with Crippen LogP contribution < -0.4 is 5.32 Å². The number of rotatable bonds is 7. The zero-order chi connectivity index (χ0) is 13.1. The van der Waals surface area contributed by atoms with Gasteiger partial charge in [0.25, 0.3) is 0 Å². The lowest BCUT2D eigenvalue weighted by Crippen LogP contribution is -2.48. The lowest BCUT2D eigenvalue weighted by Gasteiger charge is -2.28. The van der Waals surface area contributed by atoms with E-state index in [0.29, 0.717) is 13.0 Å². The first-order chi connectivity index (χ1) is 7.91. The highest BCUT2D eigenvalue weighted by Gasteiger charge is 2.45. The number of carboxylic acids is 1. The Morgan fingerprint density at radius 2 is 2.12 bits per heavy atom. The number of aliphatic carboxylic acids is 1. The van der Waals surface area contributed by atoms with Crippen LogP contribution in [-0.2, 0) is 14.3 Å². The Hall–Kier alpha value is -1.10. The Kier molecular flexibility index (Phi) is 4.51. The molecule has 98 valence electrons. The molecule has 5 nitrogen and oxygen atoms in total. The fourth-order valence-corrected chi connectivity index (χ4v) is 1.83. The van der Waals surface area contributed by atoms with E-state index >= 15 is 0 Å². The summed E-state index contributed by atoms with van der Waals surface area (Å²) in [4.78, 5) is 22.6. The van der Waals surface area contributed by atoms with Crippen molar-refractivity contribution in [1.29, 1.82) is 0 Å². The zero-order valence-electron chi connectivity index (χ0n) is 10.7. The summed E-state index contributed by atoms with van der Waals surface area (Å²) in [6.07, 6.45) is 1.30. The van der Waals surface area contributed by atoms with E-state index in [4.69, 9.17) is 9.84 Å². The fraction of sp³-hybridized carbons (Fsp3) is 0.833. The molecule has 1 aliphatic carbocycles. The summed E-state index contributed by atoms with van der Waals surface area (Å²) in [5.41, 5.74) is -0.664. The van der Waals surface area contributed by atoms with Gasteiger partial charge in [0.15, 0.2) is 0 Å². The van der Waals surface area contributed by atoms with Gasteiger partial charge in [-0.2, -0.15) is 0 Å². The van der Waals surface area contributed by atoms with E-state index in [1.807, 2.05) is 13.8 Å². The molecule has 0 saturated heterocycles. The molecule has 0 aliphatic heterocycles. The number of amides is 1. The minimum Gasteiger partial charge on any atom is -0.481 e. The normalized spacial score (nSPS) is 26.1. The van der Waals surface area contributed by atoms with Gasteiger partial charge in [-0.1, -0.05) is 6.92 Å². The smallest absolute Gasteiger partial charge is 0.305 e. The SMILES string of the molecule is CCO[C@@H]1C[C@@H]1C(=O)N[C@@](C)(CC)CC(=O)O. The first kappa shape index (κ1) is 14.0. The molecule has 2 N–H and O–H groups in total. The summed E-state index contributed by atoms with van der Waals surface area (Å²) in [6.45, 7) is 6.13. The van der Waals surface area contributed by atoms with E-state index < -0.39 is 11.5 Å². The third-order valence-electron chi connectivity index (χ3n) is 3.20. The van der Waals surface area contributed by atoms with Crippen molar-refractivity contribution in [2.45, 2.75) is 51.7 Å². The zero-order valence-corrected chi connectivity index (χ0v) is 10.7. The van der Waals surface area contributed by atoms with Crippen molar-refractivity contribution in [1.82, 2.24) is 5.32 Å². The van der Waals surface area contributed by atoms with Gasteiger partial charge >= 0.3 is 5.97 Å². The summed E-state index contributed by atoms with van der Waals surface area (Å²) in [7, 11) is 0. The van der Waals surface area contributed by atoms with E-state index in [-0.39, 0.29) is 24.3 Å². The molecule has 0 spiro atoms. The predicted molar refractivity (Wildman–Crippen MR) is 62.6 cm³/mol. The molecule has 1 saturated carbocycles. The maximum atomic E-state index is 11.9. The third kappa shape index (κ3) is 4.00. The topological polar surface area (TPSA) is 75.6 Å². The van der Waals surface area contributed by atoms with Crippen molar-refractivity contribution in [3.63, 3.8) is 0 Å². The van der Waals surface area contributed by atoms with E-state index in [2.05, 4.69) is 5.32 Å². The number of carboxylic acid groups (broad SMARTS) is 1. The minimum absolute atomic E-state index is 0.0194. The highest BCUT2D eigenvalue weighted by Crippen LogP contribution is 2.34. The second-order valence-electron chi connectivity index (χ2n) is 4.81. The van der Waals surface area contributed by atoms with Crippen LogP contribution in [0.15, 0.2) is 0 Å². The molecule has 0 bridgehead atoms. The maximum absolute atomic E-state index is 11.9.